The minimum absolute atomic E-state index is 0.202. The van der Waals surface area contributed by atoms with Crippen LogP contribution in [0.1, 0.15) is 151 Å². The number of amides is 4. The van der Waals surface area contributed by atoms with Gasteiger partial charge < -0.3 is 18.9 Å². The number of hydrogen-bond donors (Lipinski definition) is 4. The third kappa shape index (κ3) is 17.6. The molecule has 12 heteroatoms. The van der Waals surface area contributed by atoms with Crippen LogP contribution in [0.5, 0.6) is 23.0 Å². The van der Waals surface area contributed by atoms with Crippen LogP contribution in [0.3, 0.4) is 0 Å². The van der Waals surface area contributed by atoms with E-state index in [1.54, 1.807) is 36.4 Å². The van der Waals surface area contributed by atoms with Crippen molar-refractivity contribution in [3.63, 3.8) is 0 Å². The average molecular weight is 727 g/mol. The number of carbonyl (C=O) groups excluding carboxylic acids is 4. The first-order valence-corrected chi connectivity index (χ1v) is 19.3. The van der Waals surface area contributed by atoms with Gasteiger partial charge in [-0.1, -0.05) is 105 Å². The number of benzene rings is 2. The average Bonchev–Trinajstić information content (AvgIpc) is 3.16. The first-order valence-electron chi connectivity index (χ1n) is 19.3. The van der Waals surface area contributed by atoms with E-state index in [-0.39, 0.29) is 11.1 Å². The highest BCUT2D eigenvalue weighted by Crippen LogP contribution is 2.30. The summed E-state index contributed by atoms with van der Waals surface area (Å²) in [6.07, 6.45) is 16.7. The number of ether oxygens (including phenoxy) is 4. The van der Waals surface area contributed by atoms with Gasteiger partial charge in [-0.2, -0.15) is 0 Å². The van der Waals surface area contributed by atoms with Crippen molar-refractivity contribution in [1.82, 2.24) is 21.7 Å². The largest absolute Gasteiger partial charge is 0.490 e. The molecule has 0 spiro atoms. The Hall–Kier alpha value is -4.48. The smallest absolute Gasteiger partial charge is 0.329 e. The van der Waals surface area contributed by atoms with Gasteiger partial charge in [-0.25, -0.2) is 0 Å². The van der Waals surface area contributed by atoms with Gasteiger partial charge in [-0.3, -0.25) is 40.9 Å². The molecule has 2 aromatic rings. The topological polar surface area (TPSA) is 153 Å². The minimum atomic E-state index is -1.18. The number of rotatable bonds is 26. The van der Waals surface area contributed by atoms with Crippen molar-refractivity contribution in [3.05, 3.63) is 47.5 Å². The first-order chi connectivity index (χ1) is 25.3. The summed E-state index contributed by atoms with van der Waals surface area (Å²) in [6.45, 7) is 10.6. The first kappa shape index (κ1) is 43.7. The summed E-state index contributed by atoms with van der Waals surface area (Å²) in [5.74, 6) is -1.75. The molecule has 52 heavy (non-hydrogen) atoms. The third-order valence-corrected chi connectivity index (χ3v) is 8.22. The fourth-order valence-electron chi connectivity index (χ4n) is 5.09. The van der Waals surface area contributed by atoms with Gasteiger partial charge in [0.05, 0.1) is 26.4 Å². The Labute approximate surface area is 310 Å². The number of nitrogens with one attached hydrogen (secondary N) is 4. The van der Waals surface area contributed by atoms with Gasteiger partial charge in [0.1, 0.15) is 0 Å². The Balaban J connectivity index is 1.95. The lowest BCUT2D eigenvalue weighted by molar-refractivity contribution is -0.140. The Kier molecular flexibility index (Phi) is 22.9. The SMILES string of the molecule is CCCCCCOc1ccc(C(=O)NNC(=O)C(=O)NNC(=O)c2ccc(OCCCCCC)c(OCCCCCC)c2)cc1OCCCCCC. The molecule has 0 radical (unpaired) electrons. The Morgan fingerprint density at radius 3 is 1.02 bits per heavy atom. The van der Waals surface area contributed by atoms with Crippen molar-refractivity contribution in [1.29, 1.82) is 0 Å². The van der Waals surface area contributed by atoms with Crippen LogP contribution in [0.15, 0.2) is 36.4 Å². The van der Waals surface area contributed by atoms with E-state index in [1.807, 2.05) is 0 Å². The lowest BCUT2D eigenvalue weighted by Crippen LogP contribution is -2.52. The molecular weight excluding hydrogens is 664 g/mol. The number of hydrazine groups is 2. The van der Waals surface area contributed by atoms with E-state index < -0.39 is 23.6 Å². The highest BCUT2D eigenvalue weighted by atomic mass is 16.5. The second-order valence-electron chi connectivity index (χ2n) is 12.8. The molecule has 0 heterocycles. The molecule has 2 rings (SSSR count). The minimum Gasteiger partial charge on any atom is -0.490 e. The zero-order chi connectivity index (χ0) is 37.8. The number of unbranched alkanes of at least 4 members (excludes halogenated alkanes) is 12. The summed E-state index contributed by atoms with van der Waals surface area (Å²) in [5.41, 5.74) is 9.01. The second kappa shape index (κ2) is 27.2. The van der Waals surface area contributed by atoms with E-state index in [0.717, 1.165) is 103 Å². The summed E-state index contributed by atoms with van der Waals surface area (Å²) < 4.78 is 23.8. The van der Waals surface area contributed by atoms with Crippen LogP contribution < -0.4 is 40.7 Å². The molecule has 4 N–H and O–H groups in total. The molecule has 0 atom stereocenters. The Bertz CT molecular complexity index is 1250. The summed E-state index contributed by atoms with van der Waals surface area (Å²) in [5, 5.41) is 0. The summed E-state index contributed by atoms with van der Waals surface area (Å²) in [7, 11) is 0. The molecule has 0 unspecified atom stereocenters. The second-order valence-corrected chi connectivity index (χ2v) is 12.8. The van der Waals surface area contributed by atoms with Crippen LogP contribution in [-0.2, 0) is 9.59 Å². The van der Waals surface area contributed by atoms with E-state index in [4.69, 9.17) is 18.9 Å². The van der Waals surface area contributed by atoms with E-state index in [2.05, 4.69) is 49.4 Å². The highest BCUT2D eigenvalue weighted by molar-refractivity contribution is 6.35. The highest BCUT2D eigenvalue weighted by Gasteiger charge is 2.19. The monoisotopic (exact) mass is 726 g/mol. The molecule has 0 fully saturated rings. The van der Waals surface area contributed by atoms with Crippen LogP contribution in [0.4, 0.5) is 0 Å². The lowest BCUT2D eigenvalue weighted by Gasteiger charge is -2.15. The molecule has 4 amide bonds. The van der Waals surface area contributed by atoms with E-state index in [1.165, 1.54) is 0 Å². The molecule has 0 bridgehead atoms. The summed E-state index contributed by atoms with van der Waals surface area (Å²) in [6, 6.07) is 9.53. The molecule has 0 aliphatic carbocycles. The predicted octanol–water partition coefficient (Wildman–Crippen LogP) is 7.75. The molecule has 0 saturated heterocycles. The molecule has 0 aliphatic rings. The zero-order valence-electron chi connectivity index (χ0n) is 31.9. The van der Waals surface area contributed by atoms with Gasteiger partial charge >= 0.3 is 11.8 Å². The standard InChI is InChI=1S/C40H62N4O8/c1-5-9-13-17-25-49-33-23-21-31(29-35(33)51-27-19-15-11-7-3)37(45)41-43-39(47)40(48)44-42-38(46)32-22-24-34(50-26-18-14-10-6-2)36(30-32)52-28-20-16-12-8-4/h21-24,29-30H,5-20,25-28H2,1-4H3,(H,41,45)(H,42,46)(H,43,47)(H,44,48). The van der Waals surface area contributed by atoms with E-state index in [0.29, 0.717) is 49.4 Å². The van der Waals surface area contributed by atoms with Gasteiger partial charge in [0, 0.05) is 11.1 Å². The van der Waals surface area contributed by atoms with Crippen molar-refractivity contribution >= 4 is 23.6 Å². The molecule has 2 aromatic carbocycles. The van der Waals surface area contributed by atoms with Crippen molar-refractivity contribution in [2.75, 3.05) is 26.4 Å². The number of hydrogen-bond acceptors (Lipinski definition) is 8. The van der Waals surface area contributed by atoms with Crippen molar-refractivity contribution < 1.29 is 38.1 Å². The van der Waals surface area contributed by atoms with Gasteiger partial charge in [-0.05, 0) is 62.1 Å². The Morgan fingerprint density at radius 2 is 0.712 bits per heavy atom. The molecule has 0 aromatic heterocycles. The maximum absolute atomic E-state index is 12.9. The summed E-state index contributed by atoms with van der Waals surface area (Å²) in [4.78, 5) is 50.7. The van der Waals surface area contributed by atoms with Crippen LogP contribution in [0.2, 0.25) is 0 Å². The molecule has 12 nitrogen and oxygen atoms in total. The maximum Gasteiger partial charge on any atom is 0.329 e. The Morgan fingerprint density at radius 1 is 0.404 bits per heavy atom. The van der Waals surface area contributed by atoms with Crippen molar-refractivity contribution in [2.45, 2.75) is 130 Å². The van der Waals surface area contributed by atoms with Gasteiger partial charge in [0.25, 0.3) is 11.8 Å². The van der Waals surface area contributed by atoms with Gasteiger partial charge in [-0.15, -0.1) is 0 Å². The van der Waals surface area contributed by atoms with Crippen LogP contribution in [0.25, 0.3) is 0 Å². The van der Waals surface area contributed by atoms with E-state index >= 15 is 0 Å². The normalized spacial score (nSPS) is 10.6. The third-order valence-electron chi connectivity index (χ3n) is 8.22. The van der Waals surface area contributed by atoms with Crippen molar-refractivity contribution in [3.8, 4) is 23.0 Å². The molecule has 0 aliphatic heterocycles. The van der Waals surface area contributed by atoms with Crippen LogP contribution in [-0.4, -0.2) is 50.1 Å². The maximum atomic E-state index is 12.9. The zero-order valence-corrected chi connectivity index (χ0v) is 31.9. The van der Waals surface area contributed by atoms with Crippen LogP contribution >= 0.6 is 0 Å². The quantitative estimate of drug-likeness (QED) is 0.0436. The molecule has 290 valence electrons. The predicted molar refractivity (Wildman–Crippen MR) is 203 cm³/mol. The van der Waals surface area contributed by atoms with Crippen molar-refractivity contribution in [2.24, 2.45) is 0 Å². The molecular formula is C40H62N4O8. The van der Waals surface area contributed by atoms with Gasteiger partial charge in [0.15, 0.2) is 23.0 Å². The summed E-state index contributed by atoms with van der Waals surface area (Å²) >= 11 is 0. The lowest BCUT2D eigenvalue weighted by atomic mass is 10.2. The van der Waals surface area contributed by atoms with Gasteiger partial charge in [0.2, 0.25) is 0 Å². The molecule has 0 saturated carbocycles. The number of carbonyl (C=O) groups is 4. The fraction of sp³-hybridized carbons (Fsp3) is 0.600. The van der Waals surface area contributed by atoms with Crippen LogP contribution in [0, 0.1) is 0 Å². The van der Waals surface area contributed by atoms with E-state index in [9.17, 15) is 19.2 Å². The fourth-order valence-corrected chi connectivity index (χ4v) is 5.09.